The van der Waals surface area contributed by atoms with Gasteiger partial charge in [0.25, 0.3) is 0 Å². The predicted octanol–water partition coefficient (Wildman–Crippen LogP) is 2.09. The van der Waals surface area contributed by atoms with E-state index in [0.29, 0.717) is 12.5 Å². The van der Waals surface area contributed by atoms with Gasteiger partial charge in [0, 0.05) is 7.11 Å². The van der Waals surface area contributed by atoms with Crippen LogP contribution in [0.4, 0.5) is 0 Å². The van der Waals surface area contributed by atoms with Crippen LogP contribution in [0.15, 0.2) is 16.5 Å². The molecule has 0 amide bonds. The molecule has 86 valence electrons. The van der Waals surface area contributed by atoms with Gasteiger partial charge in [-0.2, -0.15) is 0 Å². The van der Waals surface area contributed by atoms with Crippen LogP contribution < -0.4 is 5.73 Å². The molecular formula is C12H16N2O2. The van der Waals surface area contributed by atoms with E-state index in [4.69, 9.17) is 14.9 Å². The Kier molecular flexibility index (Phi) is 2.94. The summed E-state index contributed by atoms with van der Waals surface area (Å²) in [7, 11) is 1.61. The van der Waals surface area contributed by atoms with E-state index in [-0.39, 0.29) is 6.04 Å². The molecule has 0 aliphatic heterocycles. The second-order valence-electron chi connectivity index (χ2n) is 4.04. The fraction of sp³-hybridized carbons (Fsp3) is 0.417. The average Bonchev–Trinajstić information content (AvgIpc) is 2.62. The Morgan fingerprint density at radius 2 is 2.19 bits per heavy atom. The Labute approximate surface area is 94.4 Å². The van der Waals surface area contributed by atoms with E-state index >= 15 is 0 Å². The summed E-state index contributed by atoms with van der Waals surface area (Å²) in [6.45, 7) is 4.45. The second kappa shape index (κ2) is 4.23. The van der Waals surface area contributed by atoms with Gasteiger partial charge in [-0.1, -0.05) is 6.07 Å². The molecular weight excluding hydrogens is 204 g/mol. The predicted molar refractivity (Wildman–Crippen MR) is 62.3 cm³/mol. The molecule has 16 heavy (non-hydrogen) atoms. The molecule has 1 aromatic carbocycles. The van der Waals surface area contributed by atoms with Crippen LogP contribution in [0.2, 0.25) is 0 Å². The Morgan fingerprint density at radius 3 is 2.88 bits per heavy atom. The van der Waals surface area contributed by atoms with Crippen molar-refractivity contribution < 1.29 is 9.15 Å². The van der Waals surface area contributed by atoms with Crippen molar-refractivity contribution in [3.63, 3.8) is 0 Å². The number of ether oxygens (including phenoxy) is 1. The highest BCUT2D eigenvalue weighted by Crippen LogP contribution is 2.23. The van der Waals surface area contributed by atoms with Crippen LogP contribution in [0.5, 0.6) is 0 Å². The van der Waals surface area contributed by atoms with E-state index in [2.05, 4.69) is 11.1 Å². The van der Waals surface area contributed by atoms with Gasteiger partial charge in [0.15, 0.2) is 5.58 Å². The molecule has 0 spiro atoms. The number of hydrogen-bond donors (Lipinski definition) is 1. The molecule has 1 aromatic heterocycles. The number of rotatable bonds is 3. The normalized spacial score (nSPS) is 13.2. The quantitative estimate of drug-likeness (QED) is 0.860. The number of hydrogen-bond acceptors (Lipinski definition) is 4. The molecule has 2 rings (SSSR count). The highest BCUT2D eigenvalue weighted by atomic mass is 16.5. The van der Waals surface area contributed by atoms with E-state index in [9.17, 15) is 0 Å². The number of aromatic nitrogens is 1. The third-order valence-corrected chi connectivity index (χ3v) is 2.50. The Balaban J connectivity index is 2.47. The van der Waals surface area contributed by atoms with Crippen molar-refractivity contribution in [3.05, 3.63) is 29.2 Å². The minimum atomic E-state index is -0.308. The topological polar surface area (TPSA) is 61.3 Å². The van der Waals surface area contributed by atoms with E-state index < -0.39 is 0 Å². The van der Waals surface area contributed by atoms with Gasteiger partial charge in [0.1, 0.15) is 11.6 Å². The summed E-state index contributed by atoms with van der Waals surface area (Å²) in [4.78, 5) is 4.38. The first kappa shape index (κ1) is 11.1. The van der Waals surface area contributed by atoms with Gasteiger partial charge in [0.2, 0.25) is 5.89 Å². The first-order valence-electron chi connectivity index (χ1n) is 5.24. The zero-order chi connectivity index (χ0) is 11.7. The van der Waals surface area contributed by atoms with Crippen LogP contribution in [0.3, 0.4) is 0 Å². The second-order valence-corrected chi connectivity index (χ2v) is 4.04. The maximum Gasteiger partial charge on any atom is 0.214 e. The van der Waals surface area contributed by atoms with Crippen LogP contribution in [0, 0.1) is 13.8 Å². The van der Waals surface area contributed by atoms with Crippen LogP contribution >= 0.6 is 0 Å². The van der Waals surface area contributed by atoms with E-state index in [1.165, 1.54) is 5.56 Å². The van der Waals surface area contributed by atoms with Gasteiger partial charge >= 0.3 is 0 Å². The third-order valence-electron chi connectivity index (χ3n) is 2.50. The first-order chi connectivity index (χ1) is 7.61. The van der Waals surface area contributed by atoms with Crippen molar-refractivity contribution >= 4 is 11.1 Å². The highest BCUT2D eigenvalue weighted by Gasteiger charge is 2.14. The molecule has 1 unspecified atom stereocenters. The first-order valence-corrected chi connectivity index (χ1v) is 5.24. The van der Waals surface area contributed by atoms with Gasteiger partial charge < -0.3 is 14.9 Å². The summed E-state index contributed by atoms with van der Waals surface area (Å²) in [6, 6.07) is 3.76. The van der Waals surface area contributed by atoms with Crippen molar-refractivity contribution in [2.45, 2.75) is 19.9 Å². The fourth-order valence-corrected chi connectivity index (χ4v) is 1.80. The van der Waals surface area contributed by atoms with Crippen molar-refractivity contribution in [3.8, 4) is 0 Å². The Bertz CT molecular complexity index is 505. The van der Waals surface area contributed by atoms with E-state index in [1.54, 1.807) is 7.11 Å². The minimum Gasteiger partial charge on any atom is -0.439 e. The number of nitrogens with zero attached hydrogens (tertiary/aromatic N) is 1. The lowest BCUT2D eigenvalue weighted by molar-refractivity contribution is 0.171. The molecule has 2 aromatic rings. The van der Waals surface area contributed by atoms with Crippen molar-refractivity contribution in [1.29, 1.82) is 0 Å². The van der Waals surface area contributed by atoms with Gasteiger partial charge in [-0.15, -0.1) is 0 Å². The molecule has 0 saturated heterocycles. The number of oxazole rings is 1. The van der Waals surface area contributed by atoms with Crippen LogP contribution in [-0.4, -0.2) is 18.7 Å². The highest BCUT2D eigenvalue weighted by molar-refractivity contribution is 5.77. The molecule has 0 saturated carbocycles. The van der Waals surface area contributed by atoms with E-state index in [0.717, 1.165) is 16.7 Å². The zero-order valence-corrected chi connectivity index (χ0v) is 9.78. The van der Waals surface area contributed by atoms with Crippen molar-refractivity contribution in [2.24, 2.45) is 5.73 Å². The summed E-state index contributed by atoms with van der Waals surface area (Å²) >= 11 is 0. The largest absolute Gasteiger partial charge is 0.439 e. The SMILES string of the molecule is COCC(N)c1nc2cc(C)cc(C)c2o1. The summed E-state index contributed by atoms with van der Waals surface area (Å²) in [6.07, 6.45) is 0. The number of benzene rings is 1. The number of fused-ring (bicyclic) bond motifs is 1. The van der Waals surface area contributed by atoms with Crippen LogP contribution in [-0.2, 0) is 4.74 Å². The molecule has 1 heterocycles. The molecule has 1 atom stereocenters. The number of nitrogens with two attached hydrogens (primary N) is 1. The van der Waals surface area contributed by atoms with Crippen LogP contribution in [0.25, 0.3) is 11.1 Å². The average molecular weight is 220 g/mol. The number of aryl methyl sites for hydroxylation is 2. The molecule has 4 nitrogen and oxygen atoms in total. The van der Waals surface area contributed by atoms with Crippen molar-refractivity contribution in [1.82, 2.24) is 4.98 Å². The molecule has 4 heteroatoms. The number of methoxy groups -OCH3 is 1. The lowest BCUT2D eigenvalue weighted by Gasteiger charge is -2.04. The maximum atomic E-state index is 5.88. The standard InChI is InChI=1S/C12H16N2O2/c1-7-4-8(2)11-10(5-7)14-12(16-11)9(13)6-15-3/h4-5,9H,6,13H2,1-3H3. The molecule has 0 fully saturated rings. The van der Waals surface area contributed by atoms with E-state index in [1.807, 2.05) is 19.9 Å². The Hall–Kier alpha value is -1.39. The van der Waals surface area contributed by atoms with Crippen LogP contribution in [0.1, 0.15) is 23.1 Å². The molecule has 0 bridgehead atoms. The summed E-state index contributed by atoms with van der Waals surface area (Å²) in [5.74, 6) is 0.533. The van der Waals surface area contributed by atoms with Gasteiger partial charge in [0.05, 0.1) is 6.61 Å². The maximum absolute atomic E-state index is 5.88. The summed E-state index contributed by atoms with van der Waals surface area (Å²) in [5.41, 5.74) is 9.80. The lowest BCUT2D eigenvalue weighted by atomic mass is 10.1. The van der Waals surface area contributed by atoms with Gasteiger partial charge in [-0.05, 0) is 31.0 Å². The molecule has 0 radical (unpaired) electrons. The van der Waals surface area contributed by atoms with Gasteiger partial charge in [-0.25, -0.2) is 4.98 Å². The Morgan fingerprint density at radius 1 is 1.44 bits per heavy atom. The minimum absolute atomic E-state index is 0.308. The molecule has 0 aliphatic rings. The fourth-order valence-electron chi connectivity index (χ4n) is 1.80. The monoisotopic (exact) mass is 220 g/mol. The van der Waals surface area contributed by atoms with Crippen molar-refractivity contribution in [2.75, 3.05) is 13.7 Å². The summed E-state index contributed by atoms with van der Waals surface area (Å²) < 4.78 is 10.6. The lowest BCUT2D eigenvalue weighted by Crippen LogP contribution is -2.16. The molecule has 2 N–H and O–H groups in total. The van der Waals surface area contributed by atoms with Gasteiger partial charge in [-0.3, -0.25) is 0 Å². The zero-order valence-electron chi connectivity index (χ0n) is 9.78. The third kappa shape index (κ3) is 1.94. The summed E-state index contributed by atoms with van der Waals surface area (Å²) in [5, 5.41) is 0. The molecule has 0 aliphatic carbocycles. The smallest absolute Gasteiger partial charge is 0.214 e.